The van der Waals surface area contributed by atoms with E-state index in [1.165, 1.54) is 19.4 Å². The standard InChI is InChI=1S/C10H9Cl2NO3/c1-16-10-6(4-13-5-9(14)15)2-7(11)3-8(10)12/h2-4H,5H2,1H3,(H,14,15). The third kappa shape index (κ3) is 3.40. The van der Waals surface area contributed by atoms with Gasteiger partial charge in [-0.15, -0.1) is 0 Å². The number of aliphatic imine (C=N–C) groups is 1. The monoisotopic (exact) mass is 261 g/mol. The third-order valence-electron chi connectivity index (χ3n) is 1.70. The Bertz CT molecular complexity index is 432. The van der Waals surface area contributed by atoms with Crippen LogP contribution in [0.3, 0.4) is 0 Å². The summed E-state index contributed by atoms with van der Waals surface area (Å²) in [5.41, 5.74) is 0.543. The molecule has 0 aliphatic carbocycles. The van der Waals surface area contributed by atoms with Gasteiger partial charge in [0.05, 0.1) is 12.1 Å². The number of rotatable bonds is 4. The Morgan fingerprint density at radius 3 is 2.81 bits per heavy atom. The Hall–Kier alpha value is -1.26. The number of aliphatic carboxylic acids is 1. The van der Waals surface area contributed by atoms with Crippen molar-refractivity contribution in [1.82, 2.24) is 0 Å². The van der Waals surface area contributed by atoms with Gasteiger partial charge in [-0.2, -0.15) is 0 Å². The molecule has 86 valence electrons. The van der Waals surface area contributed by atoms with Crippen molar-refractivity contribution in [2.45, 2.75) is 0 Å². The summed E-state index contributed by atoms with van der Waals surface area (Å²) < 4.78 is 5.06. The maximum atomic E-state index is 10.3. The zero-order valence-electron chi connectivity index (χ0n) is 8.41. The van der Waals surface area contributed by atoms with Crippen molar-refractivity contribution in [2.75, 3.05) is 13.7 Å². The van der Waals surface area contributed by atoms with E-state index in [0.717, 1.165) is 0 Å². The minimum absolute atomic E-state index is 0.312. The number of benzene rings is 1. The molecule has 0 radical (unpaired) electrons. The van der Waals surface area contributed by atoms with E-state index < -0.39 is 5.97 Å². The molecule has 6 heteroatoms. The molecule has 1 rings (SSSR count). The van der Waals surface area contributed by atoms with Gasteiger partial charge < -0.3 is 9.84 Å². The topological polar surface area (TPSA) is 58.9 Å². The molecule has 1 N–H and O–H groups in total. The molecule has 0 saturated carbocycles. The van der Waals surface area contributed by atoms with Crippen molar-refractivity contribution in [2.24, 2.45) is 4.99 Å². The van der Waals surface area contributed by atoms with Crippen LogP contribution < -0.4 is 4.74 Å². The van der Waals surface area contributed by atoms with Gasteiger partial charge in [-0.25, -0.2) is 0 Å². The van der Waals surface area contributed by atoms with Crippen LogP contribution in [0.25, 0.3) is 0 Å². The number of halogens is 2. The number of hydrogen-bond acceptors (Lipinski definition) is 3. The van der Waals surface area contributed by atoms with Crippen LogP contribution in [0.2, 0.25) is 10.0 Å². The van der Waals surface area contributed by atoms with Gasteiger partial charge in [0.2, 0.25) is 0 Å². The summed E-state index contributed by atoms with van der Waals surface area (Å²) in [7, 11) is 1.46. The van der Waals surface area contributed by atoms with Gasteiger partial charge in [-0.05, 0) is 12.1 Å². The van der Waals surface area contributed by atoms with Crippen molar-refractivity contribution in [3.63, 3.8) is 0 Å². The van der Waals surface area contributed by atoms with Gasteiger partial charge >= 0.3 is 5.97 Å². The number of ether oxygens (including phenoxy) is 1. The Morgan fingerprint density at radius 1 is 1.56 bits per heavy atom. The summed E-state index contributed by atoms with van der Waals surface area (Å²) in [4.78, 5) is 14.0. The first-order valence-electron chi connectivity index (χ1n) is 4.29. The predicted octanol–water partition coefficient (Wildman–Crippen LogP) is 2.51. The van der Waals surface area contributed by atoms with E-state index in [1.807, 2.05) is 0 Å². The molecular weight excluding hydrogens is 253 g/mol. The maximum Gasteiger partial charge on any atom is 0.325 e. The molecule has 0 unspecified atom stereocenters. The number of carboxylic acids is 1. The predicted molar refractivity (Wildman–Crippen MR) is 63.1 cm³/mol. The lowest BCUT2D eigenvalue weighted by atomic mass is 10.2. The van der Waals surface area contributed by atoms with Gasteiger partial charge in [0, 0.05) is 16.8 Å². The van der Waals surface area contributed by atoms with Gasteiger partial charge in [0.1, 0.15) is 12.3 Å². The molecule has 0 fully saturated rings. The van der Waals surface area contributed by atoms with Crippen molar-refractivity contribution in [1.29, 1.82) is 0 Å². The van der Waals surface area contributed by atoms with E-state index in [4.69, 9.17) is 33.0 Å². The fraction of sp³-hybridized carbons (Fsp3) is 0.200. The average molecular weight is 262 g/mol. The SMILES string of the molecule is COc1c(Cl)cc(Cl)cc1C=NCC(=O)O. The highest BCUT2D eigenvalue weighted by Crippen LogP contribution is 2.30. The molecule has 0 aliphatic rings. The van der Waals surface area contributed by atoms with E-state index in [0.29, 0.717) is 21.4 Å². The number of methoxy groups -OCH3 is 1. The lowest BCUT2D eigenvalue weighted by Gasteiger charge is -2.07. The fourth-order valence-corrected chi connectivity index (χ4v) is 1.70. The van der Waals surface area contributed by atoms with E-state index in [2.05, 4.69) is 4.99 Å². The Balaban J connectivity index is 3.02. The summed E-state index contributed by atoms with van der Waals surface area (Å²) in [6, 6.07) is 3.13. The highest BCUT2D eigenvalue weighted by molar-refractivity contribution is 6.36. The molecule has 0 atom stereocenters. The highest BCUT2D eigenvalue weighted by Gasteiger charge is 2.07. The third-order valence-corrected chi connectivity index (χ3v) is 2.20. The molecule has 4 nitrogen and oxygen atoms in total. The number of carboxylic acid groups (broad SMARTS) is 1. The Labute approximate surface area is 102 Å². The van der Waals surface area contributed by atoms with Crippen LogP contribution in [0.15, 0.2) is 17.1 Å². The number of carbonyl (C=O) groups is 1. The van der Waals surface area contributed by atoms with E-state index in [9.17, 15) is 4.79 Å². The molecule has 0 bridgehead atoms. The van der Waals surface area contributed by atoms with Crippen LogP contribution in [-0.4, -0.2) is 30.9 Å². The van der Waals surface area contributed by atoms with Crippen molar-refractivity contribution >= 4 is 35.4 Å². The smallest absolute Gasteiger partial charge is 0.325 e. The van der Waals surface area contributed by atoms with Crippen molar-refractivity contribution in [3.05, 3.63) is 27.7 Å². The average Bonchev–Trinajstić information content (AvgIpc) is 2.16. The molecule has 0 amide bonds. The zero-order chi connectivity index (χ0) is 12.1. The first-order chi connectivity index (χ1) is 7.54. The summed E-state index contributed by atoms with van der Waals surface area (Å²) in [6.45, 7) is -0.312. The lowest BCUT2D eigenvalue weighted by molar-refractivity contribution is -0.135. The molecule has 0 heterocycles. The van der Waals surface area contributed by atoms with Crippen LogP contribution in [0.1, 0.15) is 5.56 Å². The second kappa shape index (κ2) is 5.72. The van der Waals surface area contributed by atoms with Gasteiger partial charge in [0.25, 0.3) is 0 Å². The molecule has 0 saturated heterocycles. The first-order valence-corrected chi connectivity index (χ1v) is 5.05. The Kier molecular flexibility index (Phi) is 4.58. The molecule has 1 aromatic carbocycles. The second-order valence-corrected chi connectivity index (χ2v) is 3.72. The second-order valence-electron chi connectivity index (χ2n) is 2.87. The van der Waals surface area contributed by atoms with Gasteiger partial charge in [-0.1, -0.05) is 23.2 Å². The minimum Gasteiger partial charge on any atom is -0.495 e. The minimum atomic E-state index is -1.01. The van der Waals surface area contributed by atoms with Crippen molar-refractivity contribution in [3.8, 4) is 5.75 Å². The summed E-state index contributed by atoms with van der Waals surface area (Å²) in [6.07, 6.45) is 1.37. The summed E-state index contributed by atoms with van der Waals surface area (Å²) in [5.74, 6) is -0.594. The molecule has 0 aliphatic heterocycles. The van der Waals surface area contributed by atoms with Crippen LogP contribution in [0.4, 0.5) is 0 Å². The molecular formula is C10H9Cl2NO3. The fourth-order valence-electron chi connectivity index (χ4n) is 1.11. The Morgan fingerprint density at radius 2 is 2.25 bits per heavy atom. The van der Waals surface area contributed by atoms with Gasteiger partial charge in [-0.3, -0.25) is 9.79 Å². The van der Waals surface area contributed by atoms with Gasteiger partial charge in [0.15, 0.2) is 0 Å². The lowest BCUT2D eigenvalue weighted by Crippen LogP contribution is -2.00. The van der Waals surface area contributed by atoms with Crippen LogP contribution in [0.5, 0.6) is 5.75 Å². The molecule has 16 heavy (non-hydrogen) atoms. The van der Waals surface area contributed by atoms with Crippen LogP contribution >= 0.6 is 23.2 Å². The molecule has 1 aromatic rings. The maximum absolute atomic E-state index is 10.3. The van der Waals surface area contributed by atoms with Crippen LogP contribution in [0, 0.1) is 0 Å². The summed E-state index contributed by atoms with van der Waals surface area (Å²) in [5, 5.41) is 9.22. The van der Waals surface area contributed by atoms with Crippen LogP contribution in [-0.2, 0) is 4.79 Å². The van der Waals surface area contributed by atoms with E-state index in [-0.39, 0.29) is 6.54 Å². The van der Waals surface area contributed by atoms with E-state index in [1.54, 1.807) is 6.07 Å². The molecule has 0 aromatic heterocycles. The van der Waals surface area contributed by atoms with Crippen molar-refractivity contribution < 1.29 is 14.6 Å². The summed E-state index contributed by atoms with van der Waals surface area (Å²) >= 11 is 11.7. The normalized spacial score (nSPS) is 10.7. The quantitative estimate of drug-likeness (QED) is 0.848. The first kappa shape index (κ1) is 12.8. The highest BCUT2D eigenvalue weighted by atomic mass is 35.5. The number of hydrogen-bond donors (Lipinski definition) is 1. The largest absolute Gasteiger partial charge is 0.495 e. The van der Waals surface area contributed by atoms with E-state index >= 15 is 0 Å². The number of nitrogens with zero attached hydrogens (tertiary/aromatic N) is 1. The molecule has 0 spiro atoms. The zero-order valence-corrected chi connectivity index (χ0v) is 9.92.